The summed E-state index contributed by atoms with van der Waals surface area (Å²) in [6.45, 7) is 6.58. The lowest BCUT2D eigenvalue weighted by atomic mass is 10.0. The maximum Gasteiger partial charge on any atom is 0.258 e. The molecule has 1 aliphatic rings. The number of likely N-dealkylation sites (N-methyl/N-ethyl adjacent to an activating group) is 1. The van der Waals surface area contributed by atoms with Gasteiger partial charge in [0.2, 0.25) is 0 Å². The van der Waals surface area contributed by atoms with Gasteiger partial charge >= 0.3 is 0 Å². The lowest BCUT2D eigenvalue weighted by molar-refractivity contribution is -0.0149. The Hall–Kier alpha value is -4.28. The van der Waals surface area contributed by atoms with Crippen LogP contribution >= 0.6 is 0 Å². The number of rotatable bonds is 7. The summed E-state index contributed by atoms with van der Waals surface area (Å²) in [5, 5.41) is 13.1. The largest absolute Gasteiger partial charge is 0.490 e. The van der Waals surface area contributed by atoms with Gasteiger partial charge in [-0.1, -0.05) is 25.1 Å². The third-order valence-corrected chi connectivity index (χ3v) is 8.07. The summed E-state index contributed by atoms with van der Waals surface area (Å²) in [7, 11) is 1.74. The number of hydrogen-bond acceptors (Lipinski definition) is 7. The van der Waals surface area contributed by atoms with Gasteiger partial charge in [0, 0.05) is 61.9 Å². The Morgan fingerprint density at radius 2 is 1.80 bits per heavy atom. The number of fused-ring (bicyclic) bond motifs is 1. The number of amides is 3. The van der Waals surface area contributed by atoms with E-state index in [4.69, 9.17) is 9.47 Å². The molecule has 0 fully saturated rings. The molecule has 0 radical (unpaired) electrons. The Bertz CT molecular complexity index is 1420. The summed E-state index contributed by atoms with van der Waals surface area (Å²) in [5.41, 5.74) is 1.78. The lowest BCUT2D eigenvalue weighted by Crippen LogP contribution is -2.48. The Morgan fingerprint density at radius 3 is 2.51 bits per heavy atom. The smallest absolute Gasteiger partial charge is 0.258 e. The number of aliphatic hydroxyl groups is 1. The predicted molar refractivity (Wildman–Crippen MR) is 172 cm³/mol. The quantitative estimate of drug-likeness (QED) is 0.387. The van der Waals surface area contributed by atoms with E-state index in [1.165, 1.54) is 0 Å². The van der Waals surface area contributed by atoms with Crippen LogP contribution in [0.15, 0.2) is 73.1 Å². The topological polar surface area (TPSA) is 121 Å². The zero-order chi connectivity index (χ0) is 32.3. The molecular weight excluding hydrogens is 572 g/mol. The molecule has 0 spiro atoms. The molecule has 4 rings (SSSR count). The molecule has 0 unspecified atom stereocenters. The Kier molecular flexibility index (Phi) is 12.1. The number of ether oxygens (including phenoxy) is 2. The number of carbonyl (C=O) groups is 3. The van der Waals surface area contributed by atoms with Crippen LogP contribution in [0.4, 0.5) is 5.69 Å². The van der Waals surface area contributed by atoms with E-state index in [0.29, 0.717) is 41.3 Å². The van der Waals surface area contributed by atoms with Crippen LogP contribution in [0.2, 0.25) is 0 Å². The van der Waals surface area contributed by atoms with Gasteiger partial charge < -0.3 is 29.7 Å². The zero-order valence-electron chi connectivity index (χ0n) is 26.5. The minimum absolute atomic E-state index is 0.144. The van der Waals surface area contributed by atoms with Crippen LogP contribution < -0.4 is 10.1 Å². The number of carbonyl (C=O) groups excluding carboxylic acids is 3. The van der Waals surface area contributed by atoms with E-state index in [1.807, 2.05) is 19.9 Å². The van der Waals surface area contributed by atoms with Crippen molar-refractivity contribution in [2.24, 2.45) is 5.92 Å². The molecule has 0 saturated carbocycles. The number of aromatic nitrogens is 1. The highest BCUT2D eigenvalue weighted by atomic mass is 16.5. The summed E-state index contributed by atoms with van der Waals surface area (Å²) < 4.78 is 12.6. The summed E-state index contributed by atoms with van der Waals surface area (Å²) in [5.74, 6) is -0.547. The first-order valence-corrected chi connectivity index (χ1v) is 15.5. The second kappa shape index (κ2) is 16.2. The first-order valence-electron chi connectivity index (χ1n) is 15.5. The van der Waals surface area contributed by atoms with Crippen LogP contribution in [-0.2, 0) is 4.74 Å². The van der Waals surface area contributed by atoms with Crippen LogP contribution in [0.1, 0.15) is 71.1 Å². The predicted octanol–water partition coefficient (Wildman–Crippen LogP) is 4.90. The van der Waals surface area contributed by atoms with Crippen LogP contribution in [0, 0.1) is 5.92 Å². The molecule has 10 nitrogen and oxygen atoms in total. The monoisotopic (exact) mass is 616 g/mol. The van der Waals surface area contributed by atoms with Crippen molar-refractivity contribution in [2.45, 2.75) is 58.3 Å². The Labute approximate surface area is 265 Å². The maximum absolute atomic E-state index is 14.3. The molecule has 45 heavy (non-hydrogen) atoms. The molecule has 0 saturated heterocycles. The van der Waals surface area contributed by atoms with Crippen molar-refractivity contribution < 1.29 is 29.0 Å². The average Bonchev–Trinajstić information content (AvgIpc) is 3.06. The Balaban J connectivity index is 1.63. The van der Waals surface area contributed by atoms with Crippen molar-refractivity contribution in [1.29, 1.82) is 0 Å². The summed E-state index contributed by atoms with van der Waals surface area (Å²) in [4.78, 5) is 47.6. The molecule has 2 heterocycles. The molecular formula is C35H44N4O6. The van der Waals surface area contributed by atoms with Gasteiger partial charge in [0.15, 0.2) is 0 Å². The van der Waals surface area contributed by atoms with E-state index in [0.717, 1.165) is 19.3 Å². The highest BCUT2D eigenvalue weighted by Gasteiger charge is 2.31. The average molecular weight is 617 g/mol. The lowest BCUT2D eigenvalue weighted by Gasteiger charge is -2.36. The van der Waals surface area contributed by atoms with Gasteiger partial charge in [-0.2, -0.15) is 0 Å². The molecule has 2 N–H and O–H groups in total. The number of pyridine rings is 1. The van der Waals surface area contributed by atoms with E-state index in [9.17, 15) is 19.5 Å². The molecule has 3 aromatic rings. The highest BCUT2D eigenvalue weighted by molar-refractivity contribution is 6.05. The molecule has 10 heteroatoms. The van der Waals surface area contributed by atoms with Gasteiger partial charge in [-0.05, 0) is 75.6 Å². The SMILES string of the molecule is C[C@@H]1CCCCO[C@H](CN(C)C(=O)c2ccncc2)[C@H](C)CN([C@H](C)CO)C(=O)c2cc(NC(=O)c3ccccc3)ccc2O1. The molecule has 0 aliphatic carbocycles. The van der Waals surface area contributed by atoms with Crippen LogP contribution in [0.3, 0.4) is 0 Å². The van der Waals surface area contributed by atoms with Gasteiger partial charge in [0.05, 0.1) is 30.4 Å². The fraction of sp³-hybridized carbons (Fsp3) is 0.429. The van der Waals surface area contributed by atoms with Crippen molar-refractivity contribution in [2.75, 3.05) is 38.7 Å². The maximum atomic E-state index is 14.3. The molecule has 1 aliphatic heterocycles. The van der Waals surface area contributed by atoms with E-state index < -0.39 is 6.04 Å². The summed E-state index contributed by atoms with van der Waals surface area (Å²) in [6.07, 6.45) is 5.05. The molecule has 4 atom stereocenters. The molecule has 240 valence electrons. The van der Waals surface area contributed by atoms with E-state index in [1.54, 1.807) is 90.8 Å². The van der Waals surface area contributed by atoms with Gasteiger partial charge in [-0.25, -0.2) is 0 Å². The first-order chi connectivity index (χ1) is 21.7. The number of anilines is 1. The standard InChI is InChI=1S/C35H44N4O6/c1-24-21-39(25(2)23-40)35(43)30-20-29(37-33(41)27-11-6-5-7-12-27)13-14-31(30)45-26(3)10-8-9-19-44-32(24)22-38(4)34(42)28-15-17-36-18-16-28/h5-7,11-18,20,24-26,32,40H,8-10,19,21-23H2,1-4H3,(H,37,41)/t24-,25-,26-,32-/m1/s1. The van der Waals surface area contributed by atoms with Crippen molar-refractivity contribution in [1.82, 2.24) is 14.8 Å². The highest BCUT2D eigenvalue weighted by Crippen LogP contribution is 2.29. The van der Waals surface area contributed by atoms with Gasteiger partial charge in [0.1, 0.15) is 5.75 Å². The second-order valence-corrected chi connectivity index (χ2v) is 11.8. The molecule has 0 bridgehead atoms. The fourth-order valence-electron chi connectivity index (χ4n) is 5.32. The number of aliphatic hydroxyl groups excluding tert-OH is 1. The Morgan fingerprint density at radius 1 is 1.07 bits per heavy atom. The zero-order valence-corrected chi connectivity index (χ0v) is 26.5. The molecule has 2 aromatic carbocycles. The third kappa shape index (κ3) is 9.12. The van der Waals surface area contributed by atoms with Crippen molar-refractivity contribution in [3.63, 3.8) is 0 Å². The first kappa shape index (κ1) is 33.6. The minimum Gasteiger partial charge on any atom is -0.490 e. The van der Waals surface area contributed by atoms with Crippen LogP contribution in [-0.4, -0.2) is 89.2 Å². The van der Waals surface area contributed by atoms with Gasteiger partial charge in [-0.3, -0.25) is 19.4 Å². The summed E-state index contributed by atoms with van der Waals surface area (Å²) >= 11 is 0. The van der Waals surface area contributed by atoms with Crippen LogP contribution in [0.5, 0.6) is 5.75 Å². The van der Waals surface area contributed by atoms with Gasteiger partial charge in [0.25, 0.3) is 17.7 Å². The molecule has 1 aromatic heterocycles. The van der Waals surface area contributed by atoms with E-state index in [2.05, 4.69) is 10.3 Å². The van der Waals surface area contributed by atoms with Crippen molar-refractivity contribution in [3.05, 3.63) is 89.7 Å². The van der Waals surface area contributed by atoms with Crippen molar-refractivity contribution >= 4 is 23.4 Å². The number of nitrogens with one attached hydrogen (secondary N) is 1. The number of benzene rings is 2. The molecule has 3 amide bonds. The van der Waals surface area contributed by atoms with E-state index >= 15 is 0 Å². The second-order valence-electron chi connectivity index (χ2n) is 11.8. The van der Waals surface area contributed by atoms with Crippen molar-refractivity contribution in [3.8, 4) is 5.75 Å². The van der Waals surface area contributed by atoms with Crippen LogP contribution in [0.25, 0.3) is 0 Å². The normalized spacial score (nSPS) is 20.2. The minimum atomic E-state index is -0.516. The van der Waals surface area contributed by atoms with Gasteiger partial charge in [-0.15, -0.1) is 0 Å². The van der Waals surface area contributed by atoms with E-state index in [-0.39, 0.29) is 49.0 Å². The third-order valence-electron chi connectivity index (χ3n) is 8.07. The summed E-state index contributed by atoms with van der Waals surface area (Å²) in [6, 6.07) is 16.8. The fourth-order valence-corrected chi connectivity index (χ4v) is 5.32. The number of nitrogens with zero attached hydrogens (tertiary/aromatic N) is 3. The number of hydrogen-bond donors (Lipinski definition) is 2.